The first-order valence-corrected chi connectivity index (χ1v) is 6.21. The maximum Gasteiger partial charge on any atom is 0.305 e. The number of hydrogen-bond acceptors (Lipinski definition) is 4. The van der Waals surface area contributed by atoms with Crippen molar-refractivity contribution in [3.8, 4) is 0 Å². The van der Waals surface area contributed by atoms with E-state index >= 15 is 0 Å². The van der Waals surface area contributed by atoms with Gasteiger partial charge in [-0.05, 0) is 32.7 Å². The lowest BCUT2D eigenvalue weighted by atomic mass is 9.92. The van der Waals surface area contributed by atoms with Crippen molar-refractivity contribution in [3.63, 3.8) is 0 Å². The van der Waals surface area contributed by atoms with Gasteiger partial charge in [-0.15, -0.1) is 0 Å². The highest BCUT2D eigenvalue weighted by Crippen LogP contribution is 2.15. The summed E-state index contributed by atoms with van der Waals surface area (Å²) in [7, 11) is 1.37. The molecule has 0 bridgehead atoms. The highest BCUT2D eigenvalue weighted by Gasteiger charge is 2.24. The number of methoxy groups -OCH3 is 1. The molecule has 0 spiro atoms. The SMILES string of the molecule is COC(=O)CCCNC(=O)C1CCNC(C)C1. The number of esters is 1. The second-order valence-electron chi connectivity index (χ2n) is 4.55. The van der Waals surface area contributed by atoms with Crippen LogP contribution in [0.15, 0.2) is 0 Å². The maximum atomic E-state index is 11.8. The number of rotatable bonds is 5. The molecule has 0 radical (unpaired) electrons. The van der Waals surface area contributed by atoms with E-state index in [1.165, 1.54) is 7.11 Å². The van der Waals surface area contributed by atoms with Gasteiger partial charge in [0.15, 0.2) is 0 Å². The summed E-state index contributed by atoms with van der Waals surface area (Å²) in [6.07, 6.45) is 2.79. The molecule has 0 aromatic carbocycles. The lowest BCUT2D eigenvalue weighted by molar-refractivity contribution is -0.140. The van der Waals surface area contributed by atoms with Crippen LogP contribution >= 0.6 is 0 Å². The second kappa shape index (κ2) is 7.27. The van der Waals surface area contributed by atoms with Crippen LogP contribution in [-0.2, 0) is 14.3 Å². The van der Waals surface area contributed by atoms with Gasteiger partial charge in [0.2, 0.25) is 5.91 Å². The summed E-state index contributed by atoms with van der Waals surface area (Å²) in [5.41, 5.74) is 0. The van der Waals surface area contributed by atoms with E-state index in [4.69, 9.17) is 0 Å². The number of ether oxygens (including phenoxy) is 1. The van der Waals surface area contributed by atoms with Crippen LogP contribution in [-0.4, -0.2) is 38.1 Å². The first kappa shape index (κ1) is 14.0. The Kier molecular flexibility index (Phi) is 5.97. The first-order chi connectivity index (χ1) is 8.13. The molecule has 1 aliphatic rings. The number of nitrogens with one attached hydrogen (secondary N) is 2. The normalized spacial score (nSPS) is 24.1. The average molecular weight is 242 g/mol. The standard InChI is InChI=1S/C12H22N2O3/c1-9-8-10(5-7-13-9)12(16)14-6-3-4-11(15)17-2/h9-10,13H,3-8H2,1-2H3,(H,14,16). The molecule has 17 heavy (non-hydrogen) atoms. The van der Waals surface area contributed by atoms with Crippen LogP contribution in [0.1, 0.15) is 32.6 Å². The van der Waals surface area contributed by atoms with Crippen LogP contribution in [0.5, 0.6) is 0 Å². The highest BCUT2D eigenvalue weighted by atomic mass is 16.5. The van der Waals surface area contributed by atoms with Crippen molar-refractivity contribution in [3.05, 3.63) is 0 Å². The minimum atomic E-state index is -0.227. The van der Waals surface area contributed by atoms with Crippen LogP contribution in [0, 0.1) is 5.92 Å². The molecule has 1 fully saturated rings. The Bertz CT molecular complexity index is 268. The number of carbonyl (C=O) groups excluding carboxylic acids is 2. The molecule has 2 unspecified atom stereocenters. The molecular weight excluding hydrogens is 220 g/mol. The summed E-state index contributed by atoms with van der Waals surface area (Å²) in [4.78, 5) is 22.7. The van der Waals surface area contributed by atoms with Crippen molar-refractivity contribution < 1.29 is 14.3 Å². The monoisotopic (exact) mass is 242 g/mol. The largest absolute Gasteiger partial charge is 0.469 e. The van der Waals surface area contributed by atoms with Gasteiger partial charge in [0, 0.05) is 24.9 Å². The molecule has 0 aromatic rings. The van der Waals surface area contributed by atoms with Crippen molar-refractivity contribution in [1.82, 2.24) is 10.6 Å². The van der Waals surface area contributed by atoms with Crippen LogP contribution < -0.4 is 10.6 Å². The molecular formula is C12H22N2O3. The van der Waals surface area contributed by atoms with Gasteiger partial charge in [0.25, 0.3) is 0 Å². The summed E-state index contributed by atoms with van der Waals surface area (Å²) in [6.45, 7) is 3.55. The molecule has 5 nitrogen and oxygen atoms in total. The van der Waals surface area contributed by atoms with E-state index in [9.17, 15) is 9.59 Å². The Morgan fingerprint density at radius 1 is 1.47 bits per heavy atom. The summed E-state index contributed by atoms with van der Waals surface area (Å²) in [5, 5.41) is 6.19. The molecule has 0 saturated carbocycles. The zero-order valence-electron chi connectivity index (χ0n) is 10.6. The van der Waals surface area contributed by atoms with Crippen molar-refractivity contribution in [2.24, 2.45) is 5.92 Å². The molecule has 0 aromatic heterocycles. The Morgan fingerprint density at radius 3 is 2.88 bits per heavy atom. The van der Waals surface area contributed by atoms with E-state index in [2.05, 4.69) is 22.3 Å². The summed E-state index contributed by atoms with van der Waals surface area (Å²) in [5.74, 6) is 0.00216. The molecule has 2 atom stereocenters. The predicted molar refractivity (Wildman–Crippen MR) is 64.4 cm³/mol. The molecule has 1 amide bonds. The summed E-state index contributed by atoms with van der Waals surface area (Å²) in [6, 6.07) is 0.412. The lowest BCUT2D eigenvalue weighted by Crippen LogP contribution is -2.42. The van der Waals surface area contributed by atoms with Crippen molar-refractivity contribution in [2.75, 3.05) is 20.2 Å². The van der Waals surface area contributed by atoms with E-state index in [0.717, 1.165) is 19.4 Å². The predicted octanol–water partition coefficient (Wildman–Crippen LogP) is 0.444. The summed E-state index contributed by atoms with van der Waals surface area (Å²) < 4.78 is 4.53. The number of carbonyl (C=O) groups is 2. The topological polar surface area (TPSA) is 67.4 Å². The van der Waals surface area contributed by atoms with Gasteiger partial charge >= 0.3 is 5.97 Å². The molecule has 1 heterocycles. The van der Waals surface area contributed by atoms with Crippen LogP contribution in [0.25, 0.3) is 0 Å². The number of hydrogen-bond donors (Lipinski definition) is 2. The molecule has 0 aliphatic carbocycles. The van der Waals surface area contributed by atoms with Gasteiger partial charge in [0.05, 0.1) is 7.11 Å². The van der Waals surface area contributed by atoms with Gasteiger partial charge in [-0.2, -0.15) is 0 Å². The fraction of sp³-hybridized carbons (Fsp3) is 0.833. The summed E-state index contributed by atoms with van der Waals surface area (Å²) >= 11 is 0. The molecule has 5 heteroatoms. The van der Waals surface area contributed by atoms with Gasteiger partial charge in [-0.1, -0.05) is 0 Å². The van der Waals surface area contributed by atoms with Crippen molar-refractivity contribution in [2.45, 2.75) is 38.6 Å². The first-order valence-electron chi connectivity index (χ1n) is 6.21. The molecule has 1 aliphatic heterocycles. The Morgan fingerprint density at radius 2 is 2.24 bits per heavy atom. The van der Waals surface area contributed by atoms with Gasteiger partial charge in [-0.25, -0.2) is 0 Å². The molecule has 1 saturated heterocycles. The minimum absolute atomic E-state index is 0.114. The minimum Gasteiger partial charge on any atom is -0.469 e. The fourth-order valence-electron chi connectivity index (χ4n) is 2.06. The second-order valence-corrected chi connectivity index (χ2v) is 4.55. The highest BCUT2D eigenvalue weighted by molar-refractivity contribution is 5.78. The lowest BCUT2D eigenvalue weighted by Gasteiger charge is -2.27. The Balaban J connectivity index is 2.14. The van der Waals surface area contributed by atoms with Crippen LogP contribution in [0.4, 0.5) is 0 Å². The number of amides is 1. The van der Waals surface area contributed by atoms with Gasteiger partial charge in [-0.3, -0.25) is 9.59 Å². The van der Waals surface area contributed by atoms with E-state index in [-0.39, 0.29) is 17.8 Å². The molecule has 98 valence electrons. The van der Waals surface area contributed by atoms with Crippen LogP contribution in [0.2, 0.25) is 0 Å². The van der Waals surface area contributed by atoms with E-state index in [0.29, 0.717) is 25.4 Å². The zero-order valence-corrected chi connectivity index (χ0v) is 10.6. The van der Waals surface area contributed by atoms with Crippen LogP contribution in [0.3, 0.4) is 0 Å². The third-order valence-electron chi connectivity index (χ3n) is 3.08. The number of piperidine rings is 1. The zero-order chi connectivity index (χ0) is 12.7. The maximum absolute atomic E-state index is 11.8. The Labute approximate surface area is 102 Å². The van der Waals surface area contributed by atoms with E-state index in [1.54, 1.807) is 0 Å². The molecule has 1 rings (SSSR count). The fourth-order valence-corrected chi connectivity index (χ4v) is 2.06. The average Bonchev–Trinajstić information content (AvgIpc) is 2.34. The quantitative estimate of drug-likeness (QED) is 0.542. The third-order valence-corrected chi connectivity index (χ3v) is 3.08. The van der Waals surface area contributed by atoms with Crippen molar-refractivity contribution in [1.29, 1.82) is 0 Å². The third kappa shape index (κ3) is 5.17. The van der Waals surface area contributed by atoms with E-state index in [1.807, 2.05) is 0 Å². The molecule has 2 N–H and O–H groups in total. The smallest absolute Gasteiger partial charge is 0.305 e. The Hall–Kier alpha value is -1.10. The van der Waals surface area contributed by atoms with Gasteiger partial charge < -0.3 is 15.4 Å². The van der Waals surface area contributed by atoms with Crippen molar-refractivity contribution >= 4 is 11.9 Å². The van der Waals surface area contributed by atoms with E-state index < -0.39 is 0 Å². The van der Waals surface area contributed by atoms with Gasteiger partial charge in [0.1, 0.15) is 0 Å².